The van der Waals surface area contributed by atoms with Gasteiger partial charge in [0.2, 0.25) is 0 Å². The van der Waals surface area contributed by atoms with Crippen molar-refractivity contribution in [3.05, 3.63) is 29.8 Å². The van der Waals surface area contributed by atoms with Gasteiger partial charge < -0.3 is 19.9 Å². The maximum atomic E-state index is 8.66. The molecule has 0 aliphatic carbocycles. The third-order valence-corrected chi connectivity index (χ3v) is 2.28. The van der Waals surface area contributed by atoms with Crippen molar-refractivity contribution in [1.29, 1.82) is 0 Å². The van der Waals surface area contributed by atoms with E-state index in [1.54, 1.807) is 7.11 Å². The summed E-state index contributed by atoms with van der Waals surface area (Å²) < 4.78 is 10.5. The van der Waals surface area contributed by atoms with Gasteiger partial charge in [0.15, 0.2) is 0 Å². The lowest BCUT2D eigenvalue weighted by Crippen LogP contribution is -2.18. The van der Waals surface area contributed by atoms with Crippen LogP contribution in [0.25, 0.3) is 0 Å². The molecule has 0 aromatic heterocycles. The van der Waals surface area contributed by atoms with Gasteiger partial charge in [0.05, 0.1) is 13.2 Å². The minimum atomic E-state index is 0.165. The molecule has 96 valence electrons. The van der Waals surface area contributed by atoms with Crippen LogP contribution in [-0.2, 0) is 11.3 Å². The Morgan fingerprint density at radius 3 is 2.94 bits per heavy atom. The highest BCUT2D eigenvalue weighted by Gasteiger charge is 1.97. The molecule has 0 heterocycles. The van der Waals surface area contributed by atoms with Crippen LogP contribution in [-0.4, -0.2) is 38.6 Å². The van der Waals surface area contributed by atoms with Gasteiger partial charge in [-0.2, -0.15) is 0 Å². The third-order valence-electron chi connectivity index (χ3n) is 2.28. The number of ether oxygens (including phenoxy) is 2. The first-order chi connectivity index (χ1) is 8.36. The summed E-state index contributed by atoms with van der Waals surface area (Å²) in [4.78, 5) is 0. The van der Waals surface area contributed by atoms with Gasteiger partial charge in [0.1, 0.15) is 5.75 Å². The Morgan fingerprint density at radius 2 is 2.18 bits per heavy atom. The number of aliphatic hydroxyl groups is 1. The summed E-state index contributed by atoms with van der Waals surface area (Å²) >= 11 is 0. The van der Waals surface area contributed by atoms with Crippen molar-refractivity contribution in [1.82, 2.24) is 5.32 Å². The number of aliphatic hydroxyl groups excluding tert-OH is 1. The van der Waals surface area contributed by atoms with E-state index >= 15 is 0 Å². The van der Waals surface area contributed by atoms with Crippen molar-refractivity contribution in [2.24, 2.45) is 0 Å². The predicted octanol–water partition coefficient (Wildman–Crippen LogP) is 1.18. The molecule has 0 aliphatic heterocycles. The number of hydrogen-bond donors (Lipinski definition) is 2. The Balaban J connectivity index is 2.31. The lowest BCUT2D eigenvalue weighted by Gasteiger charge is -2.08. The van der Waals surface area contributed by atoms with Gasteiger partial charge in [0.25, 0.3) is 0 Å². The van der Waals surface area contributed by atoms with Crippen molar-refractivity contribution in [2.75, 3.05) is 33.5 Å². The molecule has 0 saturated heterocycles. The number of nitrogens with one attached hydrogen (secondary N) is 1. The second-order valence-corrected chi connectivity index (χ2v) is 3.74. The van der Waals surface area contributed by atoms with E-state index in [4.69, 9.17) is 14.6 Å². The van der Waals surface area contributed by atoms with E-state index in [9.17, 15) is 0 Å². The van der Waals surface area contributed by atoms with Gasteiger partial charge in [-0.25, -0.2) is 0 Å². The molecule has 0 amide bonds. The fourth-order valence-corrected chi connectivity index (χ4v) is 1.41. The van der Waals surface area contributed by atoms with Crippen molar-refractivity contribution in [3.8, 4) is 5.75 Å². The molecule has 4 nitrogen and oxygen atoms in total. The van der Waals surface area contributed by atoms with Gasteiger partial charge in [0, 0.05) is 33.2 Å². The van der Waals surface area contributed by atoms with E-state index in [1.165, 1.54) is 5.56 Å². The number of hydrogen-bond acceptors (Lipinski definition) is 4. The van der Waals surface area contributed by atoms with Crippen LogP contribution < -0.4 is 10.1 Å². The van der Waals surface area contributed by atoms with Crippen molar-refractivity contribution in [3.63, 3.8) is 0 Å². The van der Waals surface area contributed by atoms with E-state index in [-0.39, 0.29) is 6.61 Å². The summed E-state index contributed by atoms with van der Waals surface area (Å²) in [5.41, 5.74) is 1.18. The minimum absolute atomic E-state index is 0.165. The highest BCUT2D eigenvalue weighted by Crippen LogP contribution is 2.13. The van der Waals surface area contributed by atoms with Gasteiger partial charge >= 0.3 is 0 Å². The Kier molecular flexibility index (Phi) is 7.38. The molecule has 0 atom stereocenters. The zero-order valence-electron chi connectivity index (χ0n) is 10.3. The second-order valence-electron chi connectivity index (χ2n) is 3.74. The second kappa shape index (κ2) is 8.98. The zero-order chi connectivity index (χ0) is 12.3. The average molecular weight is 239 g/mol. The predicted molar refractivity (Wildman–Crippen MR) is 67.2 cm³/mol. The van der Waals surface area contributed by atoms with E-state index in [1.807, 2.05) is 18.2 Å². The van der Waals surface area contributed by atoms with Crippen LogP contribution in [0.1, 0.15) is 12.0 Å². The van der Waals surface area contributed by atoms with Crippen LogP contribution >= 0.6 is 0 Å². The number of benzene rings is 1. The Labute approximate surface area is 103 Å². The van der Waals surface area contributed by atoms with Gasteiger partial charge in [-0.1, -0.05) is 12.1 Å². The molecule has 0 bridgehead atoms. The Hall–Kier alpha value is -1.10. The highest BCUT2D eigenvalue weighted by molar-refractivity contribution is 5.28. The molecule has 0 unspecified atom stereocenters. The van der Waals surface area contributed by atoms with Gasteiger partial charge in [-0.15, -0.1) is 0 Å². The topological polar surface area (TPSA) is 50.7 Å². The molecule has 0 radical (unpaired) electrons. The fourth-order valence-electron chi connectivity index (χ4n) is 1.41. The zero-order valence-corrected chi connectivity index (χ0v) is 10.3. The van der Waals surface area contributed by atoms with Crippen LogP contribution in [0.4, 0.5) is 0 Å². The van der Waals surface area contributed by atoms with Gasteiger partial charge in [-0.05, 0) is 17.7 Å². The van der Waals surface area contributed by atoms with Crippen LogP contribution in [0.15, 0.2) is 24.3 Å². The SMILES string of the molecule is COCCNCc1cccc(OCCCO)c1. The third kappa shape index (κ3) is 6.26. The van der Waals surface area contributed by atoms with Crippen molar-refractivity contribution < 1.29 is 14.6 Å². The molecular weight excluding hydrogens is 218 g/mol. The summed E-state index contributed by atoms with van der Waals surface area (Å²) in [5, 5.41) is 11.9. The lowest BCUT2D eigenvalue weighted by molar-refractivity contribution is 0.199. The quantitative estimate of drug-likeness (QED) is 0.635. The first-order valence-electron chi connectivity index (χ1n) is 5.89. The van der Waals surface area contributed by atoms with Crippen molar-refractivity contribution >= 4 is 0 Å². The first-order valence-corrected chi connectivity index (χ1v) is 5.89. The minimum Gasteiger partial charge on any atom is -0.493 e. The summed E-state index contributed by atoms with van der Waals surface area (Å²) in [6.45, 7) is 3.08. The molecule has 1 aromatic rings. The average Bonchev–Trinajstić information content (AvgIpc) is 2.36. The first kappa shape index (κ1) is 14.0. The van der Waals surface area contributed by atoms with E-state index in [0.717, 1.165) is 18.8 Å². The largest absolute Gasteiger partial charge is 0.493 e. The normalized spacial score (nSPS) is 10.5. The van der Waals surface area contributed by atoms with E-state index in [0.29, 0.717) is 19.6 Å². The molecule has 17 heavy (non-hydrogen) atoms. The monoisotopic (exact) mass is 239 g/mol. The maximum Gasteiger partial charge on any atom is 0.119 e. The van der Waals surface area contributed by atoms with Crippen LogP contribution in [0.5, 0.6) is 5.75 Å². The summed E-state index contributed by atoms with van der Waals surface area (Å²) in [7, 11) is 1.69. The molecule has 1 rings (SSSR count). The summed E-state index contributed by atoms with van der Waals surface area (Å²) in [6.07, 6.45) is 0.663. The van der Waals surface area contributed by atoms with Crippen LogP contribution in [0.2, 0.25) is 0 Å². The molecule has 0 spiro atoms. The van der Waals surface area contributed by atoms with Crippen molar-refractivity contribution in [2.45, 2.75) is 13.0 Å². The molecular formula is C13H21NO3. The molecule has 4 heteroatoms. The molecule has 2 N–H and O–H groups in total. The van der Waals surface area contributed by atoms with E-state index in [2.05, 4.69) is 11.4 Å². The smallest absolute Gasteiger partial charge is 0.119 e. The van der Waals surface area contributed by atoms with Crippen LogP contribution in [0.3, 0.4) is 0 Å². The van der Waals surface area contributed by atoms with E-state index < -0.39 is 0 Å². The summed E-state index contributed by atoms with van der Waals surface area (Å²) in [5.74, 6) is 0.851. The Bertz CT molecular complexity index is 304. The lowest BCUT2D eigenvalue weighted by atomic mass is 10.2. The summed E-state index contributed by atoms with van der Waals surface area (Å²) in [6, 6.07) is 7.97. The molecule has 0 fully saturated rings. The number of methoxy groups -OCH3 is 1. The molecule has 1 aromatic carbocycles. The molecule has 0 saturated carbocycles. The van der Waals surface area contributed by atoms with Gasteiger partial charge in [-0.3, -0.25) is 0 Å². The molecule has 0 aliphatic rings. The number of rotatable bonds is 9. The Morgan fingerprint density at radius 1 is 1.29 bits per heavy atom. The fraction of sp³-hybridized carbons (Fsp3) is 0.538. The standard InChI is InChI=1S/C13H21NO3/c1-16-9-6-14-11-12-4-2-5-13(10-12)17-8-3-7-15/h2,4-5,10,14-15H,3,6-9,11H2,1H3. The highest BCUT2D eigenvalue weighted by atomic mass is 16.5. The van der Waals surface area contributed by atoms with Crippen LogP contribution in [0, 0.1) is 0 Å². The maximum absolute atomic E-state index is 8.66.